The summed E-state index contributed by atoms with van der Waals surface area (Å²) in [4.78, 5) is 14.8. The molecule has 0 saturated heterocycles. The first-order valence-corrected chi connectivity index (χ1v) is 5.97. The maximum atomic E-state index is 10.7. The van der Waals surface area contributed by atoms with Gasteiger partial charge in [-0.15, -0.1) is 0 Å². The third-order valence-corrected chi connectivity index (χ3v) is 3.90. The number of thiazole rings is 1. The summed E-state index contributed by atoms with van der Waals surface area (Å²) >= 11 is 6.79. The van der Waals surface area contributed by atoms with Crippen molar-refractivity contribution in [1.82, 2.24) is 4.98 Å². The van der Waals surface area contributed by atoms with Crippen molar-refractivity contribution in [3.63, 3.8) is 0 Å². The summed E-state index contributed by atoms with van der Waals surface area (Å²) in [6, 6.07) is 0.443. The van der Waals surface area contributed by atoms with Gasteiger partial charge in [0.15, 0.2) is 15.2 Å². The van der Waals surface area contributed by atoms with Crippen molar-refractivity contribution < 1.29 is 9.90 Å². The monoisotopic (exact) mass is 246 g/mol. The van der Waals surface area contributed by atoms with Crippen molar-refractivity contribution in [3.05, 3.63) is 10.0 Å². The average molecular weight is 247 g/mol. The highest BCUT2D eigenvalue weighted by molar-refractivity contribution is 7.18. The van der Waals surface area contributed by atoms with E-state index in [1.54, 1.807) is 0 Å². The highest BCUT2D eigenvalue weighted by Crippen LogP contribution is 2.38. The minimum absolute atomic E-state index is 0.0729. The molecular formula is C9H11ClN2O2S. The molecule has 2 rings (SSSR count). The Morgan fingerprint density at radius 1 is 1.80 bits per heavy atom. The molecule has 1 saturated carbocycles. The molecule has 2 atom stereocenters. The van der Waals surface area contributed by atoms with Crippen molar-refractivity contribution >= 4 is 34.0 Å². The van der Waals surface area contributed by atoms with E-state index in [0.29, 0.717) is 17.1 Å². The number of anilines is 1. The van der Waals surface area contributed by atoms with E-state index in [4.69, 9.17) is 16.7 Å². The third-order valence-electron chi connectivity index (χ3n) is 2.54. The number of nitrogens with zero attached hydrogens (tertiary/aromatic N) is 1. The van der Waals surface area contributed by atoms with Gasteiger partial charge in [0, 0.05) is 6.04 Å². The molecule has 1 aliphatic carbocycles. The number of carbonyl (C=O) groups is 1. The molecule has 0 aromatic carbocycles. The van der Waals surface area contributed by atoms with Crippen molar-refractivity contribution in [1.29, 1.82) is 0 Å². The van der Waals surface area contributed by atoms with Gasteiger partial charge in [0.05, 0.1) is 0 Å². The SMILES string of the molecule is CCC1CC1Nc1nc(Cl)c(C(=O)O)s1. The maximum absolute atomic E-state index is 10.7. The molecule has 0 aliphatic heterocycles. The lowest BCUT2D eigenvalue weighted by atomic mass is 10.3. The average Bonchev–Trinajstić information content (AvgIpc) is 2.81. The smallest absolute Gasteiger partial charge is 0.349 e. The number of nitrogens with one attached hydrogen (secondary N) is 1. The first kappa shape index (κ1) is 10.7. The lowest BCUT2D eigenvalue weighted by molar-refractivity contribution is 0.0702. The van der Waals surface area contributed by atoms with Crippen LogP contribution in [0.1, 0.15) is 29.4 Å². The van der Waals surface area contributed by atoms with Crippen LogP contribution in [0.15, 0.2) is 0 Å². The summed E-state index contributed by atoms with van der Waals surface area (Å²) in [6.45, 7) is 2.14. The second-order valence-electron chi connectivity index (χ2n) is 3.60. The van der Waals surface area contributed by atoms with Crippen LogP contribution in [0.5, 0.6) is 0 Å². The summed E-state index contributed by atoms with van der Waals surface area (Å²) < 4.78 is 0. The van der Waals surface area contributed by atoms with Crippen LogP contribution in [0.2, 0.25) is 5.15 Å². The minimum Gasteiger partial charge on any atom is -0.477 e. The second-order valence-corrected chi connectivity index (χ2v) is 4.96. The molecular weight excluding hydrogens is 236 g/mol. The normalized spacial score (nSPS) is 23.9. The van der Waals surface area contributed by atoms with Gasteiger partial charge in [-0.3, -0.25) is 0 Å². The van der Waals surface area contributed by atoms with Crippen LogP contribution in [0.4, 0.5) is 5.13 Å². The van der Waals surface area contributed by atoms with E-state index >= 15 is 0 Å². The van der Waals surface area contributed by atoms with Gasteiger partial charge in [-0.1, -0.05) is 36.3 Å². The van der Waals surface area contributed by atoms with Gasteiger partial charge in [-0.25, -0.2) is 9.78 Å². The molecule has 0 amide bonds. The van der Waals surface area contributed by atoms with E-state index in [2.05, 4.69) is 17.2 Å². The molecule has 1 aromatic heterocycles. The van der Waals surface area contributed by atoms with E-state index in [-0.39, 0.29) is 10.0 Å². The van der Waals surface area contributed by atoms with Crippen LogP contribution >= 0.6 is 22.9 Å². The molecule has 15 heavy (non-hydrogen) atoms. The molecule has 0 spiro atoms. The maximum Gasteiger partial charge on any atom is 0.349 e. The number of carboxylic acid groups (broad SMARTS) is 1. The summed E-state index contributed by atoms with van der Waals surface area (Å²) in [6.07, 6.45) is 2.28. The van der Waals surface area contributed by atoms with E-state index in [9.17, 15) is 4.79 Å². The van der Waals surface area contributed by atoms with E-state index in [1.807, 2.05) is 0 Å². The van der Waals surface area contributed by atoms with Gasteiger partial charge in [-0.05, 0) is 12.3 Å². The molecule has 1 fully saturated rings. The number of aromatic nitrogens is 1. The quantitative estimate of drug-likeness (QED) is 0.858. The molecule has 82 valence electrons. The minimum atomic E-state index is -1.02. The van der Waals surface area contributed by atoms with Crippen molar-refractivity contribution in [3.8, 4) is 0 Å². The van der Waals surface area contributed by atoms with Gasteiger partial charge in [0.1, 0.15) is 0 Å². The van der Waals surface area contributed by atoms with E-state index < -0.39 is 5.97 Å². The highest BCUT2D eigenvalue weighted by Gasteiger charge is 2.36. The Hall–Kier alpha value is -0.810. The van der Waals surface area contributed by atoms with Crippen LogP contribution in [0.3, 0.4) is 0 Å². The fourth-order valence-corrected chi connectivity index (χ4v) is 2.62. The predicted octanol–water partition coefficient (Wildman–Crippen LogP) is 2.71. The first-order chi connectivity index (χ1) is 7.11. The number of carboxylic acids is 1. The van der Waals surface area contributed by atoms with Gasteiger partial charge < -0.3 is 10.4 Å². The van der Waals surface area contributed by atoms with Crippen LogP contribution in [-0.4, -0.2) is 22.1 Å². The number of halogens is 1. The van der Waals surface area contributed by atoms with Gasteiger partial charge in [0.2, 0.25) is 0 Å². The lowest BCUT2D eigenvalue weighted by Crippen LogP contribution is -2.03. The number of hydrogen-bond acceptors (Lipinski definition) is 4. The summed E-state index contributed by atoms with van der Waals surface area (Å²) in [7, 11) is 0. The predicted molar refractivity (Wildman–Crippen MR) is 59.9 cm³/mol. The number of rotatable bonds is 4. The fraction of sp³-hybridized carbons (Fsp3) is 0.556. The molecule has 6 heteroatoms. The number of aromatic carboxylic acids is 1. The zero-order chi connectivity index (χ0) is 11.0. The Labute approximate surface area is 96.3 Å². The summed E-state index contributed by atoms with van der Waals surface area (Å²) in [5.41, 5.74) is 0. The molecule has 2 N–H and O–H groups in total. The zero-order valence-electron chi connectivity index (χ0n) is 8.16. The van der Waals surface area contributed by atoms with Crippen LogP contribution in [0.25, 0.3) is 0 Å². The summed E-state index contributed by atoms with van der Waals surface area (Å²) in [5, 5.41) is 12.7. The van der Waals surface area contributed by atoms with Gasteiger partial charge in [0.25, 0.3) is 0 Å². The Balaban J connectivity index is 2.04. The highest BCUT2D eigenvalue weighted by atomic mass is 35.5. The van der Waals surface area contributed by atoms with Crippen molar-refractivity contribution in [2.75, 3.05) is 5.32 Å². The van der Waals surface area contributed by atoms with Gasteiger partial charge in [-0.2, -0.15) is 0 Å². The zero-order valence-corrected chi connectivity index (χ0v) is 9.73. The Bertz CT molecular complexity index is 393. The molecule has 2 unspecified atom stereocenters. The second kappa shape index (κ2) is 3.98. The van der Waals surface area contributed by atoms with Crippen molar-refractivity contribution in [2.45, 2.75) is 25.8 Å². The van der Waals surface area contributed by atoms with Gasteiger partial charge >= 0.3 is 5.97 Å². The van der Waals surface area contributed by atoms with E-state index in [1.165, 1.54) is 0 Å². The molecule has 4 nitrogen and oxygen atoms in total. The lowest BCUT2D eigenvalue weighted by Gasteiger charge is -1.98. The molecule has 1 aromatic rings. The third kappa shape index (κ3) is 2.23. The Kier molecular flexibility index (Phi) is 2.84. The molecule has 0 radical (unpaired) electrons. The largest absolute Gasteiger partial charge is 0.477 e. The van der Waals surface area contributed by atoms with Crippen LogP contribution < -0.4 is 5.32 Å². The molecule has 0 bridgehead atoms. The first-order valence-electron chi connectivity index (χ1n) is 4.78. The molecule has 1 aliphatic rings. The van der Waals surface area contributed by atoms with Crippen LogP contribution in [-0.2, 0) is 0 Å². The van der Waals surface area contributed by atoms with E-state index in [0.717, 1.165) is 24.2 Å². The Morgan fingerprint density at radius 3 is 3.00 bits per heavy atom. The standard InChI is InChI=1S/C9H11ClN2O2S/c1-2-4-3-5(4)11-9-12-7(10)6(15-9)8(13)14/h4-5H,2-3H2,1H3,(H,11,12)(H,13,14). The van der Waals surface area contributed by atoms with Crippen molar-refractivity contribution in [2.24, 2.45) is 5.92 Å². The topological polar surface area (TPSA) is 62.2 Å². The molecule has 1 heterocycles. The fourth-order valence-electron chi connectivity index (χ4n) is 1.53. The Morgan fingerprint density at radius 2 is 2.53 bits per heavy atom. The summed E-state index contributed by atoms with van der Waals surface area (Å²) in [5.74, 6) is -0.325. The number of hydrogen-bond donors (Lipinski definition) is 2. The van der Waals surface area contributed by atoms with Crippen LogP contribution in [0, 0.1) is 5.92 Å².